The minimum Gasteiger partial charge on any atom is -0.299 e. The van der Waals surface area contributed by atoms with Crippen molar-refractivity contribution in [3.05, 3.63) is 23.0 Å². The van der Waals surface area contributed by atoms with Crippen molar-refractivity contribution in [2.75, 3.05) is 25.6 Å². The highest BCUT2D eigenvalue weighted by atomic mass is 35.5. The van der Waals surface area contributed by atoms with Crippen molar-refractivity contribution in [2.24, 2.45) is 0 Å². The van der Waals surface area contributed by atoms with Crippen LogP contribution >= 0.6 is 11.6 Å². The molecule has 0 radical (unpaired) electrons. The minimum absolute atomic E-state index is 0.143. The normalized spacial score (nSPS) is 12.0. The average Bonchev–Trinajstić information content (AvgIpc) is 2.18. The standard InChI is InChI=1S/C9H14ClN3O2S/c1-13(5-6-16(2,14)15)7-8-3-4-9(10)12-11-8/h3-4H,5-7H2,1-2H3. The second-order valence-corrected chi connectivity index (χ2v) is 6.36. The zero-order chi connectivity index (χ0) is 12.2. The molecule has 0 saturated heterocycles. The molecule has 0 spiro atoms. The summed E-state index contributed by atoms with van der Waals surface area (Å²) >= 11 is 5.60. The molecule has 0 aliphatic carbocycles. The van der Waals surface area contributed by atoms with Gasteiger partial charge in [-0.15, -0.1) is 5.10 Å². The van der Waals surface area contributed by atoms with Crippen LogP contribution in [0.3, 0.4) is 0 Å². The second-order valence-electron chi connectivity index (χ2n) is 3.72. The molecule has 0 aliphatic rings. The number of nitrogens with zero attached hydrogens (tertiary/aromatic N) is 3. The molecule has 90 valence electrons. The van der Waals surface area contributed by atoms with Crippen molar-refractivity contribution in [1.82, 2.24) is 15.1 Å². The molecule has 5 nitrogen and oxygen atoms in total. The van der Waals surface area contributed by atoms with Crippen molar-refractivity contribution in [1.29, 1.82) is 0 Å². The maximum Gasteiger partial charge on any atom is 0.151 e. The van der Waals surface area contributed by atoms with Gasteiger partial charge in [-0.05, 0) is 19.2 Å². The summed E-state index contributed by atoms with van der Waals surface area (Å²) < 4.78 is 21.9. The molecule has 0 unspecified atom stereocenters. The molecule has 0 bridgehead atoms. The number of halogens is 1. The quantitative estimate of drug-likeness (QED) is 0.779. The van der Waals surface area contributed by atoms with Crippen LogP contribution in [0.2, 0.25) is 5.15 Å². The van der Waals surface area contributed by atoms with E-state index in [1.807, 2.05) is 11.9 Å². The van der Waals surface area contributed by atoms with E-state index in [1.54, 1.807) is 12.1 Å². The molecule has 0 atom stereocenters. The first kappa shape index (κ1) is 13.3. The van der Waals surface area contributed by atoms with Crippen LogP contribution in [0.25, 0.3) is 0 Å². The Labute approximate surface area is 100 Å². The number of sulfone groups is 1. The van der Waals surface area contributed by atoms with Crippen LogP contribution in [0.4, 0.5) is 0 Å². The zero-order valence-electron chi connectivity index (χ0n) is 9.22. The van der Waals surface area contributed by atoms with Crippen LogP contribution in [-0.2, 0) is 16.4 Å². The molecule has 0 aromatic carbocycles. The van der Waals surface area contributed by atoms with E-state index in [1.165, 1.54) is 6.26 Å². The van der Waals surface area contributed by atoms with E-state index in [2.05, 4.69) is 10.2 Å². The lowest BCUT2D eigenvalue weighted by molar-refractivity contribution is 0.340. The van der Waals surface area contributed by atoms with Crippen LogP contribution in [0.15, 0.2) is 12.1 Å². The highest BCUT2D eigenvalue weighted by molar-refractivity contribution is 7.90. The third-order valence-corrected chi connectivity index (χ3v) is 3.09. The third kappa shape index (κ3) is 5.39. The molecule has 0 saturated carbocycles. The summed E-state index contributed by atoms with van der Waals surface area (Å²) in [5.74, 6) is 0.143. The van der Waals surface area contributed by atoms with Gasteiger partial charge in [-0.1, -0.05) is 11.6 Å². The molecule has 16 heavy (non-hydrogen) atoms. The Hall–Kier alpha value is -0.720. The Morgan fingerprint density at radius 1 is 1.38 bits per heavy atom. The summed E-state index contributed by atoms with van der Waals surface area (Å²) in [6.07, 6.45) is 1.23. The third-order valence-electron chi connectivity index (χ3n) is 1.96. The van der Waals surface area contributed by atoms with E-state index in [9.17, 15) is 8.42 Å². The fourth-order valence-corrected chi connectivity index (χ4v) is 1.85. The van der Waals surface area contributed by atoms with Crippen LogP contribution in [0.5, 0.6) is 0 Å². The van der Waals surface area contributed by atoms with Gasteiger partial charge in [0.2, 0.25) is 0 Å². The lowest BCUT2D eigenvalue weighted by Gasteiger charge is -2.14. The lowest BCUT2D eigenvalue weighted by Crippen LogP contribution is -2.25. The van der Waals surface area contributed by atoms with Gasteiger partial charge in [-0.25, -0.2) is 8.42 Å². The molecular weight excluding hydrogens is 250 g/mol. The summed E-state index contributed by atoms with van der Waals surface area (Å²) in [7, 11) is -1.08. The zero-order valence-corrected chi connectivity index (χ0v) is 10.8. The lowest BCUT2D eigenvalue weighted by atomic mass is 10.3. The van der Waals surface area contributed by atoms with Crippen LogP contribution in [0, 0.1) is 0 Å². The summed E-state index contributed by atoms with van der Waals surface area (Å²) in [6, 6.07) is 3.43. The van der Waals surface area contributed by atoms with Crippen molar-refractivity contribution in [2.45, 2.75) is 6.54 Å². The Morgan fingerprint density at radius 2 is 2.06 bits per heavy atom. The van der Waals surface area contributed by atoms with Gasteiger partial charge in [0.05, 0.1) is 11.4 Å². The van der Waals surface area contributed by atoms with Crippen molar-refractivity contribution in [3.63, 3.8) is 0 Å². The predicted octanol–water partition coefficient (Wildman–Crippen LogP) is 0.606. The second kappa shape index (κ2) is 5.56. The van der Waals surface area contributed by atoms with E-state index in [0.717, 1.165) is 5.69 Å². The monoisotopic (exact) mass is 263 g/mol. The molecule has 1 heterocycles. The van der Waals surface area contributed by atoms with E-state index in [-0.39, 0.29) is 5.75 Å². The van der Waals surface area contributed by atoms with Crippen LogP contribution in [0.1, 0.15) is 5.69 Å². The number of hydrogen-bond acceptors (Lipinski definition) is 5. The Morgan fingerprint density at radius 3 is 2.56 bits per heavy atom. The molecule has 1 aromatic rings. The Kier molecular flexibility index (Phi) is 4.64. The summed E-state index contributed by atoms with van der Waals surface area (Å²) in [5, 5.41) is 7.95. The molecule has 0 fully saturated rings. The number of aromatic nitrogens is 2. The van der Waals surface area contributed by atoms with Crippen molar-refractivity contribution >= 4 is 21.4 Å². The van der Waals surface area contributed by atoms with Gasteiger partial charge < -0.3 is 0 Å². The first-order valence-corrected chi connectivity index (χ1v) is 7.15. The maximum atomic E-state index is 11.0. The van der Waals surface area contributed by atoms with E-state index >= 15 is 0 Å². The molecule has 0 aliphatic heterocycles. The molecule has 0 N–H and O–H groups in total. The van der Waals surface area contributed by atoms with E-state index in [0.29, 0.717) is 18.2 Å². The van der Waals surface area contributed by atoms with E-state index < -0.39 is 9.84 Å². The molecular formula is C9H14ClN3O2S. The highest BCUT2D eigenvalue weighted by Crippen LogP contribution is 2.04. The van der Waals surface area contributed by atoms with Crippen LogP contribution in [-0.4, -0.2) is 49.1 Å². The molecule has 1 rings (SSSR count). The van der Waals surface area contributed by atoms with Gasteiger partial charge in [0.15, 0.2) is 5.15 Å². The first-order valence-electron chi connectivity index (χ1n) is 4.71. The molecule has 0 amide bonds. The predicted molar refractivity (Wildman–Crippen MR) is 63.1 cm³/mol. The first-order chi connectivity index (χ1) is 7.37. The van der Waals surface area contributed by atoms with Gasteiger partial charge in [-0.2, -0.15) is 5.10 Å². The summed E-state index contributed by atoms with van der Waals surface area (Å²) in [4.78, 5) is 1.87. The highest BCUT2D eigenvalue weighted by Gasteiger charge is 2.06. The smallest absolute Gasteiger partial charge is 0.151 e. The molecule has 7 heteroatoms. The van der Waals surface area contributed by atoms with Gasteiger partial charge >= 0.3 is 0 Å². The SMILES string of the molecule is CN(CCS(C)(=O)=O)Cc1ccc(Cl)nn1. The maximum absolute atomic E-state index is 11.0. The van der Waals surface area contributed by atoms with Gasteiger partial charge in [0, 0.05) is 19.3 Å². The van der Waals surface area contributed by atoms with Gasteiger partial charge in [0.1, 0.15) is 9.84 Å². The fraction of sp³-hybridized carbons (Fsp3) is 0.556. The largest absolute Gasteiger partial charge is 0.299 e. The minimum atomic E-state index is -2.92. The summed E-state index contributed by atoms with van der Waals surface area (Å²) in [5.41, 5.74) is 0.764. The van der Waals surface area contributed by atoms with Crippen molar-refractivity contribution in [3.8, 4) is 0 Å². The Balaban J connectivity index is 2.45. The van der Waals surface area contributed by atoms with Crippen molar-refractivity contribution < 1.29 is 8.42 Å². The Bertz CT molecular complexity index is 433. The average molecular weight is 264 g/mol. The topological polar surface area (TPSA) is 63.2 Å². The summed E-state index contributed by atoms with van der Waals surface area (Å²) in [6.45, 7) is 1.03. The van der Waals surface area contributed by atoms with Crippen LogP contribution < -0.4 is 0 Å². The number of hydrogen-bond donors (Lipinski definition) is 0. The fourth-order valence-electron chi connectivity index (χ4n) is 1.11. The van der Waals surface area contributed by atoms with Gasteiger partial charge in [0.25, 0.3) is 0 Å². The van der Waals surface area contributed by atoms with E-state index in [4.69, 9.17) is 11.6 Å². The number of rotatable bonds is 5. The van der Waals surface area contributed by atoms with Gasteiger partial charge in [-0.3, -0.25) is 4.90 Å². The molecule has 1 aromatic heterocycles.